The van der Waals surface area contributed by atoms with Crippen LogP contribution in [0.15, 0.2) is 0 Å². The van der Waals surface area contributed by atoms with E-state index in [-0.39, 0.29) is 6.17 Å². The van der Waals surface area contributed by atoms with Gasteiger partial charge >= 0.3 is 6.09 Å². The van der Waals surface area contributed by atoms with Gasteiger partial charge in [0.1, 0.15) is 0 Å². The van der Waals surface area contributed by atoms with Crippen molar-refractivity contribution in [2.24, 2.45) is 5.73 Å². The summed E-state index contributed by atoms with van der Waals surface area (Å²) in [6, 6.07) is 0. The Balaban J connectivity index is 3.40. The summed E-state index contributed by atoms with van der Waals surface area (Å²) in [5.74, 6) is 0. The van der Waals surface area contributed by atoms with E-state index in [0.29, 0.717) is 6.61 Å². The van der Waals surface area contributed by atoms with Gasteiger partial charge in [0.2, 0.25) is 0 Å². The number of hydrogen-bond acceptors (Lipinski definition) is 3. The average Bonchev–Trinajstić information content (AvgIpc) is 2.15. The maximum atomic E-state index is 11.1. The Morgan fingerprint density at radius 2 is 2.29 bits per heavy atom. The molecule has 0 aromatic carbocycles. The van der Waals surface area contributed by atoms with E-state index in [1.54, 1.807) is 0 Å². The topological polar surface area (TPSA) is 64.3 Å². The van der Waals surface area contributed by atoms with Crippen molar-refractivity contribution in [1.29, 1.82) is 0 Å². The highest BCUT2D eigenvalue weighted by Crippen LogP contribution is 1.96. The van der Waals surface area contributed by atoms with Crippen LogP contribution in [0.2, 0.25) is 0 Å². The fourth-order valence-electron chi connectivity index (χ4n) is 0.939. The predicted molar refractivity (Wildman–Crippen MR) is 56.6 cm³/mol. The summed E-state index contributed by atoms with van der Waals surface area (Å²) >= 11 is 0. The molecule has 0 aliphatic heterocycles. The lowest BCUT2D eigenvalue weighted by molar-refractivity contribution is 0.140. The van der Waals surface area contributed by atoms with Gasteiger partial charge in [0.25, 0.3) is 0 Å². The molecule has 0 saturated carbocycles. The maximum absolute atomic E-state index is 11.1. The summed E-state index contributed by atoms with van der Waals surface area (Å²) < 4.78 is 4.89. The summed E-state index contributed by atoms with van der Waals surface area (Å²) in [6.45, 7) is 6.20. The molecular formula is C10H21N2O2. The number of amides is 1. The second kappa shape index (κ2) is 8.81. The minimum absolute atomic E-state index is 0.314. The van der Waals surface area contributed by atoms with E-state index in [1.807, 2.05) is 6.92 Å². The van der Waals surface area contributed by atoms with Gasteiger partial charge in [-0.05, 0) is 12.8 Å². The Labute approximate surface area is 86.2 Å². The zero-order valence-corrected chi connectivity index (χ0v) is 8.92. The van der Waals surface area contributed by atoms with Gasteiger partial charge in [-0.3, -0.25) is 0 Å². The molecule has 1 atom stereocenters. The van der Waals surface area contributed by atoms with Crippen molar-refractivity contribution in [3.05, 3.63) is 6.92 Å². The molecule has 0 bridgehead atoms. The summed E-state index contributed by atoms with van der Waals surface area (Å²) in [7, 11) is 0. The second-order valence-corrected chi connectivity index (χ2v) is 3.24. The summed E-state index contributed by atoms with van der Waals surface area (Å²) in [5, 5.41) is 2.56. The van der Waals surface area contributed by atoms with Gasteiger partial charge in [0, 0.05) is 0 Å². The first-order valence-corrected chi connectivity index (χ1v) is 5.18. The molecule has 83 valence electrons. The predicted octanol–water partition coefficient (Wildman–Crippen LogP) is 1.80. The molecule has 0 fully saturated rings. The highest BCUT2D eigenvalue weighted by molar-refractivity contribution is 5.67. The zero-order chi connectivity index (χ0) is 10.8. The van der Waals surface area contributed by atoms with Crippen LogP contribution in [0.3, 0.4) is 0 Å². The molecule has 4 heteroatoms. The molecule has 0 spiro atoms. The van der Waals surface area contributed by atoms with E-state index in [0.717, 1.165) is 32.1 Å². The van der Waals surface area contributed by atoms with Gasteiger partial charge < -0.3 is 15.8 Å². The number of carbonyl (C=O) groups is 1. The minimum Gasteiger partial charge on any atom is -0.450 e. The number of ether oxygens (including phenoxy) is 1. The molecule has 0 aromatic rings. The fourth-order valence-corrected chi connectivity index (χ4v) is 0.939. The number of nitrogens with two attached hydrogens (primary N) is 1. The molecular weight excluding hydrogens is 180 g/mol. The average molecular weight is 201 g/mol. The maximum Gasteiger partial charge on any atom is 0.408 e. The molecule has 0 saturated heterocycles. The van der Waals surface area contributed by atoms with E-state index >= 15 is 0 Å². The van der Waals surface area contributed by atoms with Crippen LogP contribution >= 0.6 is 0 Å². The van der Waals surface area contributed by atoms with Gasteiger partial charge in [-0.25, -0.2) is 4.79 Å². The standard InChI is InChI=1S/C10H21N2O2/c1-3-5-7-9(11)12-10(13)14-8-6-4-2/h9H,1,3-8,11H2,2H3,(H,12,13). The molecule has 0 aromatic heterocycles. The number of hydrogen-bond donors (Lipinski definition) is 2. The van der Waals surface area contributed by atoms with Crippen molar-refractivity contribution in [2.45, 2.75) is 45.2 Å². The van der Waals surface area contributed by atoms with Crippen molar-refractivity contribution in [3.63, 3.8) is 0 Å². The Hall–Kier alpha value is -0.770. The van der Waals surface area contributed by atoms with E-state index in [2.05, 4.69) is 12.2 Å². The van der Waals surface area contributed by atoms with Crippen molar-refractivity contribution >= 4 is 6.09 Å². The lowest BCUT2D eigenvalue weighted by atomic mass is 10.2. The van der Waals surface area contributed by atoms with Crippen LogP contribution in [-0.4, -0.2) is 18.9 Å². The van der Waals surface area contributed by atoms with E-state index in [9.17, 15) is 4.79 Å². The van der Waals surface area contributed by atoms with E-state index in [1.165, 1.54) is 0 Å². The molecule has 3 N–H and O–H groups in total. The van der Waals surface area contributed by atoms with Crippen LogP contribution in [0.25, 0.3) is 0 Å². The van der Waals surface area contributed by atoms with Gasteiger partial charge in [0.15, 0.2) is 0 Å². The van der Waals surface area contributed by atoms with Gasteiger partial charge in [0.05, 0.1) is 12.8 Å². The molecule has 0 aliphatic carbocycles. The molecule has 0 heterocycles. The first kappa shape index (κ1) is 13.2. The van der Waals surface area contributed by atoms with Crippen LogP contribution in [0.4, 0.5) is 4.79 Å². The summed E-state index contributed by atoms with van der Waals surface area (Å²) in [5.41, 5.74) is 5.63. The quantitative estimate of drug-likeness (QED) is 0.487. The molecule has 4 nitrogen and oxygen atoms in total. The number of nitrogens with one attached hydrogen (secondary N) is 1. The fraction of sp³-hybridized carbons (Fsp3) is 0.800. The van der Waals surface area contributed by atoms with Gasteiger partial charge in [-0.15, -0.1) is 0 Å². The lowest BCUT2D eigenvalue weighted by Gasteiger charge is -2.13. The first-order chi connectivity index (χ1) is 6.70. The van der Waals surface area contributed by atoms with Gasteiger partial charge in [-0.1, -0.05) is 33.1 Å². The Bertz CT molecular complexity index is 151. The number of carbonyl (C=O) groups excluding carboxylic acids is 1. The Morgan fingerprint density at radius 3 is 2.86 bits per heavy atom. The SMILES string of the molecule is [CH2]CCCC(N)NC(=O)OCCCC. The van der Waals surface area contributed by atoms with Gasteiger partial charge in [-0.2, -0.15) is 0 Å². The third-order valence-corrected chi connectivity index (χ3v) is 1.80. The van der Waals surface area contributed by atoms with Crippen molar-refractivity contribution < 1.29 is 9.53 Å². The van der Waals surface area contributed by atoms with Crippen LogP contribution in [0, 0.1) is 6.92 Å². The zero-order valence-electron chi connectivity index (χ0n) is 8.92. The normalized spacial score (nSPS) is 12.2. The van der Waals surface area contributed by atoms with E-state index < -0.39 is 6.09 Å². The number of rotatable bonds is 7. The lowest BCUT2D eigenvalue weighted by Crippen LogP contribution is -2.41. The molecule has 0 rings (SSSR count). The molecule has 0 aliphatic rings. The summed E-state index contributed by atoms with van der Waals surface area (Å²) in [6.07, 6.45) is 3.66. The highest BCUT2D eigenvalue weighted by atomic mass is 16.5. The smallest absolute Gasteiger partial charge is 0.408 e. The van der Waals surface area contributed by atoms with Crippen LogP contribution in [0.1, 0.15) is 39.0 Å². The Kier molecular flexibility index (Phi) is 8.33. The minimum atomic E-state index is -0.421. The number of unbranched alkanes of at least 4 members (excludes halogenated alkanes) is 2. The second-order valence-electron chi connectivity index (χ2n) is 3.24. The molecule has 1 unspecified atom stereocenters. The largest absolute Gasteiger partial charge is 0.450 e. The molecule has 14 heavy (non-hydrogen) atoms. The van der Waals surface area contributed by atoms with Crippen molar-refractivity contribution in [1.82, 2.24) is 5.32 Å². The monoisotopic (exact) mass is 201 g/mol. The number of alkyl carbamates (subject to hydrolysis) is 1. The third-order valence-electron chi connectivity index (χ3n) is 1.80. The first-order valence-electron chi connectivity index (χ1n) is 5.18. The van der Waals surface area contributed by atoms with Crippen LogP contribution in [-0.2, 0) is 4.74 Å². The van der Waals surface area contributed by atoms with E-state index in [4.69, 9.17) is 10.5 Å². The highest BCUT2D eigenvalue weighted by Gasteiger charge is 2.06. The summed E-state index contributed by atoms with van der Waals surface area (Å²) in [4.78, 5) is 11.1. The molecule has 1 amide bonds. The van der Waals surface area contributed by atoms with Crippen molar-refractivity contribution in [2.75, 3.05) is 6.61 Å². The Morgan fingerprint density at radius 1 is 1.57 bits per heavy atom. The van der Waals surface area contributed by atoms with Crippen LogP contribution < -0.4 is 11.1 Å². The van der Waals surface area contributed by atoms with Crippen molar-refractivity contribution in [3.8, 4) is 0 Å². The third kappa shape index (κ3) is 7.86. The molecule has 1 radical (unpaired) electrons. The van der Waals surface area contributed by atoms with Crippen LogP contribution in [0.5, 0.6) is 0 Å².